The number of nitriles is 1. The van der Waals surface area contributed by atoms with E-state index in [1.807, 2.05) is 25.5 Å². The third-order valence-corrected chi connectivity index (χ3v) is 5.01. The highest BCUT2D eigenvalue weighted by atomic mass is 16.6. The van der Waals surface area contributed by atoms with E-state index in [-0.39, 0.29) is 12.1 Å². The lowest BCUT2D eigenvalue weighted by molar-refractivity contribution is 0.0186. The molecule has 1 aliphatic rings. The van der Waals surface area contributed by atoms with Crippen LogP contribution in [0.15, 0.2) is 36.8 Å². The first-order chi connectivity index (χ1) is 14.8. The number of hydrogen-bond acceptors (Lipinski definition) is 7. The first-order valence-electron chi connectivity index (χ1n) is 10.2. The zero-order chi connectivity index (χ0) is 22.0. The average molecular weight is 420 g/mol. The molecule has 1 fully saturated rings. The van der Waals surface area contributed by atoms with E-state index >= 15 is 0 Å². The minimum absolute atomic E-state index is 0.119. The van der Waals surface area contributed by atoms with Crippen molar-refractivity contribution in [3.8, 4) is 17.7 Å². The fraction of sp³-hybridized carbons (Fsp3) is 0.409. The molecule has 1 saturated heterocycles. The second kappa shape index (κ2) is 8.22. The minimum Gasteiger partial charge on any atom is -0.444 e. The van der Waals surface area contributed by atoms with Gasteiger partial charge in [0.05, 0.1) is 23.9 Å². The van der Waals surface area contributed by atoms with Gasteiger partial charge in [-0.2, -0.15) is 10.4 Å². The van der Waals surface area contributed by atoms with Crippen LogP contribution in [0.5, 0.6) is 11.6 Å². The number of fused-ring (bicyclic) bond motifs is 1. The normalized spacial score (nSPS) is 15.0. The Morgan fingerprint density at radius 3 is 2.52 bits per heavy atom. The molecule has 1 amide bonds. The Kier molecular flexibility index (Phi) is 5.46. The molecule has 1 aromatic carbocycles. The number of rotatable bonds is 3. The molecule has 0 saturated carbocycles. The van der Waals surface area contributed by atoms with E-state index in [0.717, 1.165) is 12.8 Å². The van der Waals surface area contributed by atoms with Crippen LogP contribution in [-0.4, -0.2) is 49.4 Å². The summed E-state index contributed by atoms with van der Waals surface area (Å²) >= 11 is 0. The van der Waals surface area contributed by atoms with Crippen LogP contribution in [0.2, 0.25) is 0 Å². The maximum atomic E-state index is 12.3. The van der Waals surface area contributed by atoms with Gasteiger partial charge < -0.3 is 14.4 Å². The van der Waals surface area contributed by atoms with Crippen LogP contribution in [0.25, 0.3) is 11.0 Å². The highest BCUT2D eigenvalue weighted by Crippen LogP contribution is 2.31. The summed E-state index contributed by atoms with van der Waals surface area (Å²) in [5.41, 5.74) is 0.744. The smallest absolute Gasteiger partial charge is 0.410 e. The number of piperidine rings is 1. The monoisotopic (exact) mass is 420 g/mol. The largest absolute Gasteiger partial charge is 0.444 e. The Morgan fingerprint density at radius 1 is 1.16 bits per heavy atom. The predicted octanol–water partition coefficient (Wildman–Crippen LogP) is 4.06. The quantitative estimate of drug-likeness (QED) is 0.629. The molecule has 0 bridgehead atoms. The molecule has 0 unspecified atom stereocenters. The van der Waals surface area contributed by atoms with Crippen molar-refractivity contribution in [2.45, 2.75) is 45.3 Å². The maximum absolute atomic E-state index is 12.3. The number of nitrogens with zero attached hydrogens (tertiary/aromatic N) is 6. The zero-order valence-electron chi connectivity index (χ0n) is 17.8. The lowest BCUT2D eigenvalue weighted by Gasteiger charge is -2.33. The summed E-state index contributed by atoms with van der Waals surface area (Å²) in [6.07, 6.45) is 4.39. The van der Waals surface area contributed by atoms with E-state index in [1.165, 1.54) is 6.33 Å². The lowest BCUT2D eigenvalue weighted by atomic mass is 10.1. The molecule has 3 heterocycles. The predicted molar refractivity (Wildman–Crippen MR) is 113 cm³/mol. The van der Waals surface area contributed by atoms with Crippen LogP contribution < -0.4 is 4.74 Å². The summed E-state index contributed by atoms with van der Waals surface area (Å²) < 4.78 is 13.3. The highest BCUT2D eigenvalue weighted by molar-refractivity contribution is 5.80. The van der Waals surface area contributed by atoms with Crippen molar-refractivity contribution < 1.29 is 14.3 Å². The van der Waals surface area contributed by atoms with Crippen molar-refractivity contribution in [2.24, 2.45) is 0 Å². The topological polar surface area (TPSA) is 106 Å². The summed E-state index contributed by atoms with van der Waals surface area (Å²) in [6.45, 7) is 6.79. The number of hydrogen-bond donors (Lipinski definition) is 0. The Morgan fingerprint density at radius 2 is 1.87 bits per heavy atom. The average Bonchev–Trinajstić information content (AvgIpc) is 3.18. The van der Waals surface area contributed by atoms with E-state index in [9.17, 15) is 4.79 Å². The molecular weight excluding hydrogens is 396 g/mol. The Hall–Kier alpha value is -3.67. The van der Waals surface area contributed by atoms with Crippen LogP contribution in [0, 0.1) is 11.3 Å². The number of ether oxygens (including phenoxy) is 2. The molecule has 0 N–H and O–H groups in total. The summed E-state index contributed by atoms with van der Waals surface area (Å²) in [5.74, 6) is 0.990. The van der Waals surface area contributed by atoms with Gasteiger partial charge in [-0.1, -0.05) is 0 Å². The molecular formula is C22H24N6O3. The number of likely N-dealkylation sites (tertiary alicyclic amines) is 1. The van der Waals surface area contributed by atoms with Crippen LogP contribution in [0.4, 0.5) is 4.79 Å². The summed E-state index contributed by atoms with van der Waals surface area (Å²) in [4.78, 5) is 22.7. The minimum atomic E-state index is -0.506. The Balaban J connectivity index is 1.48. The van der Waals surface area contributed by atoms with Gasteiger partial charge in [-0.15, -0.1) is 0 Å². The van der Waals surface area contributed by atoms with Crippen LogP contribution >= 0.6 is 0 Å². The van der Waals surface area contributed by atoms with Gasteiger partial charge in [0.1, 0.15) is 23.1 Å². The molecule has 9 heteroatoms. The molecule has 2 aromatic heterocycles. The van der Waals surface area contributed by atoms with Gasteiger partial charge >= 0.3 is 6.09 Å². The van der Waals surface area contributed by atoms with Gasteiger partial charge in [-0.25, -0.2) is 19.4 Å². The van der Waals surface area contributed by atoms with Crippen LogP contribution in [0.1, 0.15) is 45.2 Å². The summed E-state index contributed by atoms with van der Waals surface area (Å²) in [6, 6.07) is 9.03. The zero-order valence-corrected chi connectivity index (χ0v) is 17.8. The number of aromatic nitrogens is 4. The van der Waals surface area contributed by atoms with Gasteiger partial charge in [-0.3, -0.25) is 0 Å². The molecule has 3 aromatic rings. The third-order valence-electron chi connectivity index (χ3n) is 5.01. The lowest BCUT2D eigenvalue weighted by Crippen LogP contribution is -2.42. The number of amides is 1. The molecule has 0 aliphatic carbocycles. The molecule has 160 valence electrons. The van der Waals surface area contributed by atoms with Gasteiger partial charge in [0.15, 0.2) is 5.65 Å². The Labute approximate surface area is 180 Å². The Bertz CT molecular complexity index is 1120. The summed E-state index contributed by atoms with van der Waals surface area (Å²) in [7, 11) is 0. The second-order valence-corrected chi connectivity index (χ2v) is 8.44. The van der Waals surface area contributed by atoms with Crippen molar-refractivity contribution in [1.29, 1.82) is 5.26 Å². The van der Waals surface area contributed by atoms with Crippen molar-refractivity contribution >= 4 is 17.1 Å². The van der Waals surface area contributed by atoms with Crippen molar-refractivity contribution in [2.75, 3.05) is 13.1 Å². The first-order valence-corrected chi connectivity index (χ1v) is 10.2. The standard InChI is InChI=1S/C22H24N6O3/c1-22(2,3)31-21(29)27-10-8-16(9-11-27)28-19-18(13-26-28)20(25-14-24-19)30-17-6-4-15(12-23)5-7-17/h4-7,13-14,16H,8-11H2,1-3H3. The molecule has 0 atom stereocenters. The first kappa shape index (κ1) is 20.6. The van der Waals surface area contributed by atoms with Crippen molar-refractivity contribution in [1.82, 2.24) is 24.6 Å². The van der Waals surface area contributed by atoms with E-state index in [2.05, 4.69) is 21.1 Å². The second-order valence-electron chi connectivity index (χ2n) is 8.44. The van der Waals surface area contributed by atoms with E-state index < -0.39 is 5.60 Å². The fourth-order valence-electron chi connectivity index (χ4n) is 3.52. The SMILES string of the molecule is CC(C)(C)OC(=O)N1CCC(n2ncc3c(Oc4ccc(C#N)cc4)ncnc32)CC1. The molecule has 9 nitrogen and oxygen atoms in total. The number of benzene rings is 1. The molecule has 31 heavy (non-hydrogen) atoms. The van der Waals surface area contributed by atoms with Gasteiger partial charge in [0.2, 0.25) is 5.88 Å². The van der Waals surface area contributed by atoms with Crippen molar-refractivity contribution in [3.63, 3.8) is 0 Å². The van der Waals surface area contributed by atoms with E-state index in [4.69, 9.17) is 14.7 Å². The van der Waals surface area contributed by atoms with E-state index in [1.54, 1.807) is 35.4 Å². The number of carbonyl (C=O) groups excluding carboxylic acids is 1. The molecule has 1 aliphatic heterocycles. The molecule has 0 spiro atoms. The van der Waals surface area contributed by atoms with Gasteiger partial charge in [-0.05, 0) is 57.9 Å². The fourth-order valence-corrected chi connectivity index (χ4v) is 3.52. The van der Waals surface area contributed by atoms with Crippen LogP contribution in [-0.2, 0) is 4.74 Å². The molecule has 0 radical (unpaired) electrons. The van der Waals surface area contributed by atoms with Crippen LogP contribution in [0.3, 0.4) is 0 Å². The third kappa shape index (κ3) is 4.58. The van der Waals surface area contributed by atoms with Gasteiger partial charge in [0.25, 0.3) is 0 Å². The highest BCUT2D eigenvalue weighted by Gasteiger charge is 2.29. The van der Waals surface area contributed by atoms with E-state index in [0.29, 0.717) is 41.3 Å². The summed E-state index contributed by atoms with van der Waals surface area (Å²) in [5, 5.41) is 14.2. The maximum Gasteiger partial charge on any atom is 0.410 e. The van der Waals surface area contributed by atoms with Crippen molar-refractivity contribution in [3.05, 3.63) is 42.4 Å². The molecule has 4 rings (SSSR count). The number of carbonyl (C=O) groups is 1. The van der Waals surface area contributed by atoms with Gasteiger partial charge in [0, 0.05) is 13.1 Å².